The smallest absolute Gasteiger partial charge is 0.243 e. The van der Waals surface area contributed by atoms with Gasteiger partial charge in [-0.3, -0.25) is 10.2 Å². The van der Waals surface area contributed by atoms with Crippen LogP contribution in [0.5, 0.6) is 5.75 Å². The number of ether oxygens (including phenoxy) is 1. The van der Waals surface area contributed by atoms with Gasteiger partial charge in [0.25, 0.3) is 0 Å². The van der Waals surface area contributed by atoms with Crippen molar-refractivity contribution in [2.24, 2.45) is 11.8 Å². The summed E-state index contributed by atoms with van der Waals surface area (Å²) in [5.74, 6) is 5.30. The topological polar surface area (TPSA) is 102 Å². The molecule has 7 nitrogen and oxygen atoms in total. The molecule has 1 heterocycles. The highest BCUT2D eigenvalue weighted by molar-refractivity contribution is 7.89. The summed E-state index contributed by atoms with van der Waals surface area (Å²) in [5.41, 5.74) is 2.88. The summed E-state index contributed by atoms with van der Waals surface area (Å²) in [6.45, 7) is 2.42. The Morgan fingerprint density at radius 3 is 2.50 bits per heavy atom. The maximum atomic E-state index is 12.6. The minimum atomic E-state index is -3.55. The molecule has 1 fully saturated rings. The van der Waals surface area contributed by atoms with E-state index in [1.807, 2.05) is 0 Å². The van der Waals surface area contributed by atoms with E-state index in [4.69, 9.17) is 10.6 Å². The van der Waals surface area contributed by atoms with Crippen LogP contribution in [0.25, 0.3) is 0 Å². The van der Waals surface area contributed by atoms with Crippen molar-refractivity contribution >= 4 is 15.9 Å². The van der Waals surface area contributed by atoms with Crippen molar-refractivity contribution in [2.45, 2.75) is 24.7 Å². The van der Waals surface area contributed by atoms with E-state index in [9.17, 15) is 13.2 Å². The van der Waals surface area contributed by atoms with Crippen molar-refractivity contribution in [3.05, 3.63) is 23.8 Å². The molecule has 1 aromatic carbocycles. The van der Waals surface area contributed by atoms with Gasteiger partial charge in [-0.05, 0) is 43.5 Å². The molecular formula is C14H21N3O4S. The van der Waals surface area contributed by atoms with Gasteiger partial charge in [-0.1, -0.05) is 0 Å². The summed E-state index contributed by atoms with van der Waals surface area (Å²) in [6.07, 6.45) is 0.939. The predicted molar refractivity (Wildman–Crippen MR) is 81.5 cm³/mol. The second kappa shape index (κ2) is 6.64. The number of nitrogens with two attached hydrogens (primary N) is 1. The van der Waals surface area contributed by atoms with Gasteiger partial charge in [0.15, 0.2) is 0 Å². The Morgan fingerprint density at radius 1 is 1.36 bits per heavy atom. The van der Waals surface area contributed by atoms with Crippen LogP contribution in [0.15, 0.2) is 23.1 Å². The van der Waals surface area contributed by atoms with E-state index in [-0.39, 0.29) is 16.7 Å². The number of hydrogen-bond acceptors (Lipinski definition) is 5. The van der Waals surface area contributed by atoms with E-state index in [0.717, 1.165) is 5.56 Å². The third-order valence-electron chi connectivity index (χ3n) is 3.97. The summed E-state index contributed by atoms with van der Waals surface area (Å²) in [5, 5.41) is 0. The second-order valence-electron chi connectivity index (χ2n) is 5.32. The molecule has 1 aliphatic rings. The third-order valence-corrected chi connectivity index (χ3v) is 5.87. The Labute approximate surface area is 130 Å². The number of carbonyl (C=O) groups excluding carboxylic acids is 1. The molecule has 0 atom stereocenters. The number of rotatable bonds is 4. The average Bonchev–Trinajstić information content (AvgIpc) is 2.54. The molecule has 2 rings (SSSR count). The summed E-state index contributed by atoms with van der Waals surface area (Å²) >= 11 is 0. The fraction of sp³-hybridized carbons (Fsp3) is 0.500. The maximum Gasteiger partial charge on any atom is 0.243 e. The van der Waals surface area contributed by atoms with Crippen LogP contribution in [0, 0.1) is 12.8 Å². The molecule has 0 unspecified atom stereocenters. The molecule has 0 aliphatic carbocycles. The molecule has 0 radical (unpaired) electrons. The molecule has 0 saturated carbocycles. The van der Waals surface area contributed by atoms with Crippen LogP contribution in [-0.2, 0) is 14.8 Å². The van der Waals surface area contributed by atoms with E-state index in [1.165, 1.54) is 4.31 Å². The SMILES string of the molecule is COc1ccc(S(=O)(=O)N2CCC(C(=O)NN)CC2)cc1C. The first-order valence-electron chi connectivity index (χ1n) is 7.05. The highest BCUT2D eigenvalue weighted by Gasteiger charge is 2.32. The van der Waals surface area contributed by atoms with Gasteiger partial charge in [0, 0.05) is 19.0 Å². The minimum Gasteiger partial charge on any atom is -0.496 e. The van der Waals surface area contributed by atoms with Crippen LogP contribution in [-0.4, -0.2) is 38.8 Å². The standard InChI is InChI=1S/C14H21N3O4S/c1-10-9-12(3-4-13(10)21-2)22(19,20)17-7-5-11(6-8-17)14(18)16-15/h3-4,9,11H,5-8,15H2,1-2H3,(H,16,18). The Morgan fingerprint density at radius 2 is 2.00 bits per heavy atom. The number of carbonyl (C=O) groups is 1. The number of methoxy groups -OCH3 is 1. The van der Waals surface area contributed by atoms with Gasteiger partial charge >= 0.3 is 0 Å². The van der Waals surface area contributed by atoms with Crippen molar-refractivity contribution in [2.75, 3.05) is 20.2 Å². The molecule has 1 amide bonds. The van der Waals surface area contributed by atoms with Crippen molar-refractivity contribution in [1.29, 1.82) is 0 Å². The molecule has 0 bridgehead atoms. The number of amides is 1. The largest absolute Gasteiger partial charge is 0.496 e. The van der Waals surface area contributed by atoms with E-state index >= 15 is 0 Å². The summed E-state index contributed by atoms with van der Waals surface area (Å²) in [6, 6.07) is 4.80. The highest BCUT2D eigenvalue weighted by atomic mass is 32.2. The number of aryl methyl sites for hydroxylation is 1. The van der Waals surface area contributed by atoms with Crippen LogP contribution in [0.2, 0.25) is 0 Å². The summed E-state index contributed by atoms with van der Waals surface area (Å²) in [4.78, 5) is 11.7. The van der Waals surface area contributed by atoms with E-state index < -0.39 is 10.0 Å². The lowest BCUT2D eigenvalue weighted by atomic mass is 9.98. The van der Waals surface area contributed by atoms with Crippen molar-refractivity contribution in [1.82, 2.24) is 9.73 Å². The molecule has 1 saturated heterocycles. The first-order valence-corrected chi connectivity index (χ1v) is 8.49. The van der Waals surface area contributed by atoms with E-state index in [2.05, 4.69) is 5.43 Å². The Hall–Kier alpha value is -1.64. The molecule has 122 valence electrons. The van der Waals surface area contributed by atoms with Gasteiger partial charge in [0.1, 0.15) is 5.75 Å². The van der Waals surface area contributed by atoms with Crippen LogP contribution in [0.4, 0.5) is 0 Å². The summed E-state index contributed by atoms with van der Waals surface area (Å²) in [7, 11) is -2.01. The average molecular weight is 327 g/mol. The number of sulfonamides is 1. The van der Waals surface area contributed by atoms with Crippen LogP contribution < -0.4 is 16.0 Å². The molecule has 0 aromatic heterocycles. The lowest BCUT2D eigenvalue weighted by molar-refractivity contribution is -0.126. The molecule has 1 aliphatic heterocycles. The van der Waals surface area contributed by atoms with Crippen LogP contribution in [0.3, 0.4) is 0 Å². The molecule has 22 heavy (non-hydrogen) atoms. The number of nitrogens with zero attached hydrogens (tertiary/aromatic N) is 1. The van der Waals surface area contributed by atoms with Crippen molar-refractivity contribution < 1.29 is 17.9 Å². The zero-order valence-corrected chi connectivity index (χ0v) is 13.5. The first kappa shape index (κ1) is 16.7. The summed E-state index contributed by atoms with van der Waals surface area (Å²) < 4.78 is 31.8. The van der Waals surface area contributed by atoms with Crippen LogP contribution >= 0.6 is 0 Å². The monoisotopic (exact) mass is 327 g/mol. The Balaban J connectivity index is 2.15. The lowest BCUT2D eigenvalue weighted by Gasteiger charge is -2.30. The third kappa shape index (κ3) is 3.23. The van der Waals surface area contributed by atoms with Gasteiger partial charge in [0.05, 0.1) is 12.0 Å². The van der Waals surface area contributed by atoms with E-state index in [0.29, 0.717) is 31.7 Å². The number of hydrazine groups is 1. The van der Waals surface area contributed by atoms with Crippen LogP contribution in [0.1, 0.15) is 18.4 Å². The van der Waals surface area contributed by atoms with Gasteiger partial charge in [-0.2, -0.15) is 4.31 Å². The lowest BCUT2D eigenvalue weighted by Crippen LogP contribution is -2.44. The fourth-order valence-corrected chi connectivity index (χ4v) is 4.19. The minimum absolute atomic E-state index is 0.228. The highest BCUT2D eigenvalue weighted by Crippen LogP contribution is 2.27. The van der Waals surface area contributed by atoms with Gasteiger partial charge in [-0.25, -0.2) is 14.3 Å². The normalized spacial score (nSPS) is 17.2. The number of piperidine rings is 1. The number of benzene rings is 1. The van der Waals surface area contributed by atoms with Crippen molar-refractivity contribution in [3.63, 3.8) is 0 Å². The van der Waals surface area contributed by atoms with Gasteiger partial charge in [0.2, 0.25) is 15.9 Å². The maximum absolute atomic E-state index is 12.6. The van der Waals surface area contributed by atoms with Crippen molar-refractivity contribution in [3.8, 4) is 5.75 Å². The Bertz CT molecular complexity index is 652. The number of hydrogen-bond donors (Lipinski definition) is 2. The molecule has 3 N–H and O–H groups in total. The number of nitrogens with one attached hydrogen (secondary N) is 1. The zero-order chi connectivity index (χ0) is 16.3. The predicted octanol–water partition coefficient (Wildman–Crippen LogP) is 0.394. The first-order chi connectivity index (χ1) is 10.4. The fourth-order valence-electron chi connectivity index (χ4n) is 2.64. The van der Waals surface area contributed by atoms with E-state index in [1.54, 1.807) is 32.2 Å². The molecule has 1 aromatic rings. The quantitative estimate of drug-likeness (QED) is 0.473. The Kier molecular flexibility index (Phi) is 5.05. The van der Waals surface area contributed by atoms with Gasteiger partial charge < -0.3 is 4.74 Å². The molecule has 8 heteroatoms. The second-order valence-corrected chi connectivity index (χ2v) is 7.26. The van der Waals surface area contributed by atoms with Gasteiger partial charge in [-0.15, -0.1) is 0 Å². The molecular weight excluding hydrogens is 306 g/mol. The molecule has 0 spiro atoms. The zero-order valence-electron chi connectivity index (χ0n) is 12.7.